The van der Waals surface area contributed by atoms with Crippen molar-refractivity contribution in [2.24, 2.45) is 22.7 Å². The van der Waals surface area contributed by atoms with Crippen LogP contribution in [-0.2, 0) is 9.53 Å². The largest absolute Gasteiger partial charge is 0.458 e. The minimum absolute atomic E-state index is 0.0770. The Morgan fingerprint density at radius 2 is 1.80 bits per heavy atom. The second-order valence-electron chi connectivity index (χ2n) is 12.6. The first-order valence-electron chi connectivity index (χ1n) is 13.2. The van der Waals surface area contributed by atoms with E-state index in [0.29, 0.717) is 19.3 Å². The van der Waals surface area contributed by atoms with E-state index in [1.807, 2.05) is 26.8 Å². The maximum atomic E-state index is 13.1. The normalized spacial score (nSPS) is 48.5. The Bertz CT molecular complexity index is 940. The molecule has 5 N–H and O–H groups in total. The minimum atomic E-state index is -1.79. The summed E-state index contributed by atoms with van der Waals surface area (Å²) in [7, 11) is 0. The maximum absolute atomic E-state index is 13.1. The highest BCUT2D eigenvalue weighted by atomic mass is 16.5. The molecule has 7 nitrogen and oxygen atoms in total. The molecule has 0 aromatic carbocycles. The Kier molecular flexibility index (Phi) is 6.42. The molecule has 4 aliphatic carbocycles. The fraction of sp³-hybridized carbons (Fsp3) is 0.821. The lowest BCUT2D eigenvalue weighted by molar-refractivity contribution is -0.326. The summed E-state index contributed by atoms with van der Waals surface area (Å²) in [5.74, 6) is -0.832. The smallest absolute Gasteiger partial charge is 0.330 e. The molecule has 35 heavy (non-hydrogen) atoms. The van der Waals surface area contributed by atoms with Crippen LogP contribution >= 0.6 is 0 Å². The van der Waals surface area contributed by atoms with Gasteiger partial charge in [0.15, 0.2) is 0 Å². The SMILES string of the molecule is C/C(=C\C(=O)O[C@@H]1C[C@@H]2[C@@]3(C)CC[C@H](O)CC3=CC[C@@]2(O)[C@@]2(O)CC[C@@](O)(C(C)O)[C@@]12C)C(C)C. The van der Waals surface area contributed by atoms with Gasteiger partial charge < -0.3 is 30.3 Å². The molecule has 0 spiro atoms. The number of rotatable bonds is 4. The highest BCUT2D eigenvalue weighted by Crippen LogP contribution is 2.71. The first-order valence-corrected chi connectivity index (χ1v) is 13.2. The average Bonchev–Trinajstić information content (AvgIpc) is 3.00. The Labute approximate surface area is 208 Å². The van der Waals surface area contributed by atoms with Gasteiger partial charge in [0, 0.05) is 12.0 Å². The highest BCUT2D eigenvalue weighted by Gasteiger charge is 2.81. The molecule has 3 fully saturated rings. The van der Waals surface area contributed by atoms with E-state index in [1.165, 1.54) is 13.0 Å². The minimum Gasteiger partial charge on any atom is -0.458 e. The average molecular weight is 493 g/mol. The van der Waals surface area contributed by atoms with E-state index in [-0.39, 0.29) is 31.6 Å². The van der Waals surface area contributed by atoms with Crippen LogP contribution in [0.3, 0.4) is 0 Å². The molecular formula is C28H44O7. The topological polar surface area (TPSA) is 127 Å². The summed E-state index contributed by atoms with van der Waals surface area (Å²) in [4.78, 5) is 13.1. The summed E-state index contributed by atoms with van der Waals surface area (Å²) in [6.45, 7) is 11.0. The predicted molar refractivity (Wildman–Crippen MR) is 131 cm³/mol. The molecule has 0 bridgehead atoms. The van der Waals surface area contributed by atoms with Gasteiger partial charge in [-0.3, -0.25) is 0 Å². The van der Waals surface area contributed by atoms with E-state index in [2.05, 4.69) is 6.92 Å². The van der Waals surface area contributed by atoms with Crippen molar-refractivity contribution in [2.45, 2.75) is 122 Å². The number of fused-ring (bicyclic) bond motifs is 5. The summed E-state index contributed by atoms with van der Waals surface area (Å²) in [5, 5.41) is 57.6. The first-order chi connectivity index (χ1) is 16.1. The van der Waals surface area contributed by atoms with Gasteiger partial charge in [-0.2, -0.15) is 0 Å². The van der Waals surface area contributed by atoms with Crippen LogP contribution in [0.2, 0.25) is 0 Å². The third kappa shape index (κ3) is 3.45. The lowest BCUT2D eigenvalue weighted by Gasteiger charge is -2.67. The van der Waals surface area contributed by atoms with Crippen LogP contribution < -0.4 is 0 Å². The van der Waals surface area contributed by atoms with Crippen LogP contribution in [0.25, 0.3) is 0 Å². The van der Waals surface area contributed by atoms with Crippen molar-refractivity contribution in [1.29, 1.82) is 0 Å². The number of carbonyl (C=O) groups excluding carboxylic acids is 1. The molecule has 0 saturated heterocycles. The quantitative estimate of drug-likeness (QED) is 0.232. The molecule has 1 unspecified atom stereocenters. The van der Waals surface area contributed by atoms with Crippen LogP contribution in [0.4, 0.5) is 0 Å². The van der Waals surface area contributed by atoms with E-state index < -0.39 is 57.8 Å². The van der Waals surface area contributed by atoms with Gasteiger partial charge in [0.05, 0.1) is 17.6 Å². The summed E-state index contributed by atoms with van der Waals surface area (Å²) in [5.41, 5.74) is -5.17. The number of carbonyl (C=O) groups is 1. The zero-order chi connectivity index (χ0) is 26.2. The van der Waals surface area contributed by atoms with Gasteiger partial charge >= 0.3 is 5.97 Å². The molecule has 0 aromatic heterocycles. The third-order valence-corrected chi connectivity index (χ3v) is 10.8. The standard InChI is InChI=1S/C28H44O7/c1-16(2)17(3)13-23(31)35-22-15-21-24(5)9-8-20(30)14-19(24)7-10-27(21,33)28(34)12-11-26(32,18(4)29)25(22,28)6/h7,13,16,18,20-22,29-30,32-34H,8-12,14-15H2,1-6H3/b17-13+/t18?,20-,21+,22+,24-,25+,26+,27-,28+/m0/s1. The molecule has 0 aliphatic heterocycles. The molecule has 4 aliphatic rings. The molecule has 7 heteroatoms. The zero-order valence-electron chi connectivity index (χ0n) is 22.0. The van der Waals surface area contributed by atoms with Crippen LogP contribution in [0, 0.1) is 22.7 Å². The monoisotopic (exact) mass is 492 g/mol. The fourth-order valence-electron chi connectivity index (χ4n) is 8.04. The molecule has 4 rings (SSSR count). The number of aliphatic hydroxyl groups is 5. The van der Waals surface area contributed by atoms with Gasteiger partial charge in [-0.1, -0.05) is 44.9 Å². The number of hydrogen-bond donors (Lipinski definition) is 5. The first kappa shape index (κ1) is 26.8. The lowest BCUT2D eigenvalue weighted by Crippen LogP contribution is -2.78. The van der Waals surface area contributed by atoms with Gasteiger partial charge in [-0.05, 0) is 70.1 Å². The Morgan fingerprint density at radius 3 is 2.40 bits per heavy atom. The van der Waals surface area contributed by atoms with E-state index >= 15 is 0 Å². The molecular weight excluding hydrogens is 448 g/mol. The van der Waals surface area contributed by atoms with Crippen LogP contribution in [-0.4, -0.2) is 66.6 Å². The Hall–Kier alpha value is -1.25. The van der Waals surface area contributed by atoms with E-state index in [9.17, 15) is 30.3 Å². The van der Waals surface area contributed by atoms with Crippen molar-refractivity contribution in [3.05, 3.63) is 23.3 Å². The molecule has 0 radical (unpaired) electrons. The second-order valence-corrected chi connectivity index (χ2v) is 12.6. The Morgan fingerprint density at radius 1 is 1.14 bits per heavy atom. The fourth-order valence-corrected chi connectivity index (χ4v) is 8.04. The number of allylic oxidation sites excluding steroid dienone is 1. The summed E-state index contributed by atoms with van der Waals surface area (Å²) < 4.78 is 6.05. The molecule has 0 aromatic rings. The highest BCUT2D eigenvalue weighted by molar-refractivity contribution is 5.83. The van der Waals surface area contributed by atoms with Crippen molar-refractivity contribution in [3.8, 4) is 0 Å². The molecule has 3 saturated carbocycles. The van der Waals surface area contributed by atoms with Gasteiger partial charge in [-0.25, -0.2) is 4.79 Å². The zero-order valence-corrected chi connectivity index (χ0v) is 22.0. The van der Waals surface area contributed by atoms with Crippen molar-refractivity contribution < 1.29 is 35.1 Å². The van der Waals surface area contributed by atoms with E-state index in [4.69, 9.17) is 4.74 Å². The van der Waals surface area contributed by atoms with Crippen molar-refractivity contribution in [3.63, 3.8) is 0 Å². The maximum Gasteiger partial charge on any atom is 0.330 e. The lowest BCUT2D eigenvalue weighted by atomic mass is 9.42. The Balaban J connectivity index is 1.85. The third-order valence-electron chi connectivity index (χ3n) is 10.8. The number of aliphatic hydroxyl groups excluding tert-OH is 2. The van der Waals surface area contributed by atoms with Gasteiger partial charge in [0.25, 0.3) is 0 Å². The van der Waals surface area contributed by atoms with Crippen LogP contribution in [0.5, 0.6) is 0 Å². The van der Waals surface area contributed by atoms with Crippen molar-refractivity contribution >= 4 is 5.97 Å². The summed E-state index contributed by atoms with van der Waals surface area (Å²) in [6.07, 6.45) is 3.20. The van der Waals surface area contributed by atoms with E-state index in [0.717, 1.165) is 11.1 Å². The van der Waals surface area contributed by atoms with Crippen molar-refractivity contribution in [1.82, 2.24) is 0 Å². The molecule has 0 amide bonds. The number of hydrogen-bond acceptors (Lipinski definition) is 7. The molecule has 198 valence electrons. The van der Waals surface area contributed by atoms with Crippen molar-refractivity contribution in [2.75, 3.05) is 0 Å². The number of esters is 1. The predicted octanol–water partition coefficient (Wildman–Crippen LogP) is 2.78. The molecule has 9 atom stereocenters. The van der Waals surface area contributed by atoms with Gasteiger partial charge in [-0.15, -0.1) is 0 Å². The van der Waals surface area contributed by atoms with E-state index in [1.54, 1.807) is 6.92 Å². The van der Waals surface area contributed by atoms with Crippen LogP contribution in [0.15, 0.2) is 23.3 Å². The molecule has 0 heterocycles. The second kappa shape index (κ2) is 8.38. The summed E-state index contributed by atoms with van der Waals surface area (Å²) >= 11 is 0. The van der Waals surface area contributed by atoms with Gasteiger partial charge in [0.2, 0.25) is 0 Å². The summed E-state index contributed by atoms with van der Waals surface area (Å²) in [6, 6.07) is 0. The van der Waals surface area contributed by atoms with Gasteiger partial charge in [0.1, 0.15) is 22.9 Å². The van der Waals surface area contributed by atoms with Crippen LogP contribution in [0.1, 0.15) is 86.5 Å². The number of ether oxygens (including phenoxy) is 1.